The first-order valence-electron chi connectivity index (χ1n) is 9.13. The van der Waals surface area contributed by atoms with Crippen molar-refractivity contribution in [2.75, 3.05) is 11.9 Å². The molecule has 0 aliphatic carbocycles. The molecule has 2 aromatic carbocycles. The Balaban J connectivity index is 1.55. The molecule has 8 heteroatoms. The third-order valence-corrected chi connectivity index (χ3v) is 4.16. The predicted octanol–water partition coefficient (Wildman–Crippen LogP) is 2.50. The number of hydrogen-bond donors (Lipinski definition) is 3. The summed E-state index contributed by atoms with van der Waals surface area (Å²) in [7, 11) is 0. The van der Waals surface area contributed by atoms with E-state index in [0.29, 0.717) is 17.0 Å². The van der Waals surface area contributed by atoms with Crippen LogP contribution in [0.4, 0.5) is 5.69 Å². The number of ether oxygens (including phenoxy) is 1. The van der Waals surface area contributed by atoms with E-state index in [0.717, 1.165) is 0 Å². The highest BCUT2D eigenvalue weighted by Gasteiger charge is 2.15. The molecule has 0 radical (unpaired) electrons. The third-order valence-electron chi connectivity index (χ3n) is 4.16. The number of rotatable bonds is 8. The second-order valence-corrected chi connectivity index (χ2v) is 6.29. The number of esters is 1. The first kappa shape index (κ1) is 20.8. The SMILES string of the molecule is O=C(COC(=O)c1ccc(CO)cc1)Nc1ccccc1C(=O)NCc1ccco1. The zero-order valence-corrected chi connectivity index (χ0v) is 16.0. The van der Waals surface area contributed by atoms with Crippen molar-refractivity contribution >= 4 is 23.5 Å². The van der Waals surface area contributed by atoms with Gasteiger partial charge in [-0.1, -0.05) is 24.3 Å². The molecule has 0 spiro atoms. The van der Waals surface area contributed by atoms with E-state index in [-0.39, 0.29) is 30.2 Å². The summed E-state index contributed by atoms with van der Waals surface area (Å²) >= 11 is 0. The zero-order valence-electron chi connectivity index (χ0n) is 16.0. The van der Waals surface area contributed by atoms with Crippen molar-refractivity contribution in [3.63, 3.8) is 0 Å². The van der Waals surface area contributed by atoms with Crippen LogP contribution in [0.3, 0.4) is 0 Å². The number of furan rings is 1. The Hall–Kier alpha value is -3.91. The maximum Gasteiger partial charge on any atom is 0.338 e. The fourth-order valence-electron chi connectivity index (χ4n) is 2.61. The molecule has 3 aromatic rings. The molecule has 0 saturated heterocycles. The number of amides is 2. The summed E-state index contributed by atoms with van der Waals surface area (Å²) < 4.78 is 10.2. The van der Waals surface area contributed by atoms with E-state index in [4.69, 9.17) is 14.3 Å². The summed E-state index contributed by atoms with van der Waals surface area (Å²) in [5.74, 6) is -1.03. The van der Waals surface area contributed by atoms with Gasteiger partial charge in [0.05, 0.1) is 36.2 Å². The second-order valence-electron chi connectivity index (χ2n) is 6.29. The molecule has 0 saturated carbocycles. The van der Waals surface area contributed by atoms with Crippen molar-refractivity contribution < 1.29 is 28.6 Å². The molecule has 0 atom stereocenters. The van der Waals surface area contributed by atoms with Gasteiger partial charge in [0.1, 0.15) is 5.76 Å². The van der Waals surface area contributed by atoms with Gasteiger partial charge in [0.15, 0.2) is 6.61 Å². The maximum absolute atomic E-state index is 12.4. The minimum Gasteiger partial charge on any atom is -0.467 e. The van der Waals surface area contributed by atoms with Crippen molar-refractivity contribution in [3.05, 3.63) is 89.4 Å². The van der Waals surface area contributed by atoms with Gasteiger partial charge in [-0.3, -0.25) is 9.59 Å². The van der Waals surface area contributed by atoms with Crippen LogP contribution >= 0.6 is 0 Å². The predicted molar refractivity (Wildman–Crippen MR) is 108 cm³/mol. The van der Waals surface area contributed by atoms with Crippen LogP contribution in [0.2, 0.25) is 0 Å². The second kappa shape index (κ2) is 10.0. The van der Waals surface area contributed by atoms with Crippen LogP contribution in [0.5, 0.6) is 0 Å². The monoisotopic (exact) mass is 408 g/mol. The summed E-state index contributed by atoms with van der Waals surface area (Å²) in [4.78, 5) is 36.7. The van der Waals surface area contributed by atoms with Crippen LogP contribution in [0.15, 0.2) is 71.3 Å². The van der Waals surface area contributed by atoms with Gasteiger partial charge in [-0.25, -0.2) is 4.79 Å². The Morgan fingerprint density at radius 2 is 1.73 bits per heavy atom. The van der Waals surface area contributed by atoms with E-state index in [1.165, 1.54) is 18.4 Å². The quantitative estimate of drug-likeness (QED) is 0.493. The number of nitrogens with one attached hydrogen (secondary N) is 2. The van der Waals surface area contributed by atoms with Gasteiger partial charge in [-0.15, -0.1) is 0 Å². The fraction of sp³-hybridized carbons (Fsp3) is 0.136. The van der Waals surface area contributed by atoms with E-state index in [1.54, 1.807) is 48.5 Å². The Labute approximate surface area is 172 Å². The van der Waals surface area contributed by atoms with Crippen LogP contribution in [0, 0.1) is 0 Å². The summed E-state index contributed by atoms with van der Waals surface area (Å²) in [6, 6.07) is 16.1. The van der Waals surface area contributed by atoms with Gasteiger partial charge >= 0.3 is 5.97 Å². The summed E-state index contributed by atoms with van der Waals surface area (Å²) in [5.41, 5.74) is 1.48. The molecular formula is C22H20N2O6. The molecule has 3 N–H and O–H groups in total. The van der Waals surface area contributed by atoms with E-state index in [9.17, 15) is 14.4 Å². The minimum absolute atomic E-state index is 0.133. The fourth-order valence-corrected chi connectivity index (χ4v) is 2.61. The topological polar surface area (TPSA) is 118 Å². The first-order valence-corrected chi connectivity index (χ1v) is 9.13. The van der Waals surface area contributed by atoms with E-state index in [2.05, 4.69) is 10.6 Å². The number of carbonyl (C=O) groups excluding carboxylic acids is 3. The third kappa shape index (κ3) is 5.55. The van der Waals surface area contributed by atoms with Gasteiger partial charge in [0.25, 0.3) is 11.8 Å². The molecule has 3 rings (SSSR count). The molecule has 2 amide bonds. The molecule has 0 fully saturated rings. The van der Waals surface area contributed by atoms with Gasteiger partial charge in [-0.05, 0) is 42.0 Å². The van der Waals surface area contributed by atoms with Gasteiger partial charge < -0.3 is 24.9 Å². The summed E-state index contributed by atoms with van der Waals surface area (Å²) in [6.45, 7) is -0.435. The van der Waals surface area contributed by atoms with Crippen molar-refractivity contribution in [2.45, 2.75) is 13.2 Å². The molecule has 154 valence electrons. The Morgan fingerprint density at radius 3 is 2.43 bits per heavy atom. The van der Waals surface area contributed by atoms with E-state index in [1.807, 2.05) is 0 Å². The zero-order chi connectivity index (χ0) is 21.3. The van der Waals surface area contributed by atoms with Crippen molar-refractivity contribution in [3.8, 4) is 0 Å². The number of carbonyl (C=O) groups is 3. The number of anilines is 1. The maximum atomic E-state index is 12.4. The molecule has 1 heterocycles. The Bertz CT molecular complexity index is 1010. The van der Waals surface area contributed by atoms with Crippen molar-refractivity contribution in [1.29, 1.82) is 0 Å². The van der Waals surface area contributed by atoms with Gasteiger partial charge in [0, 0.05) is 0 Å². The van der Waals surface area contributed by atoms with Crippen LogP contribution < -0.4 is 10.6 Å². The Kier molecular flexibility index (Phi) is 6.96. The number of aliphatic hydroxyl groups excluding tert-OH is 1. The molecule has 8 nitrogen and oxygen atoms in total. The highest BCUT2D eigenvalue weighted by Crippen LogP contribution is 2.15. The lowest BCUT2D eigenvalue weighted by molar-refractivity contribution is -0.119. The minimum atomic E-state index is -0.667. The highest BCUT2D eigenvalue weighted by atomic mass is 16.5. The van der Waals surface area contributed by atoms with E-state index >= 15 is 0 Å². The summed E-state index contributed by atoms with van der Waals surface area (Å²) in [6.07, 6.45) is 1.51. The van der Waals surface area contributed by atoms with Crippen molar-refractivity contribution in [2.24, 2.45) is 0 Å². The molecule has 0 unspecified atom stereocenters. The average Bonchev–Trinajstić information content (AvgIpc) is 3.30. The number of benzene rings is 2. The standard InChI is InChI=1S/C22H20N2O6/c25-13-15-7-9-16(10-8-15)22(28)30-14-20(26)24-19-6-2-1-5-18(19)21(27)23-12-17-4-3-11-29-17/h1-11,25H,12-14H2,(H,23,27)(H,24,26). The molecule has 1 aromatic heterocycles. The molecule has 0 aliphatic rings. The smallest absolute Gasteiger partial charge is 0.338 e. The Morgan fingerprint density at radius 1 is 0.967 bits per heavy atom. The first-order chi connectivity index (χ1) is 14.6. The van der Waals surface area contributed by atoms with Gasteiger partial charge in [-0.2, -0.15) is 0 Å². The van der Waals surface area contributed by atoms with E-state index < -0.39 is 18.5 Å². The largest absolute Gasteiger partial charge is 0.467 e. The molecule has 0 aliphatic heterocycles. The molecule has 30 heavy (non-hydrogen) atoms. The number of para-hydroxylation sites is 1. The average molecular weight is 408 g/mol. The lowest BCUT2D eigenvalue weighted by Gasteiger charge is -2.11. The lowest BCUT2D eigenvalue weighted by Crippen LogP contribution is -2.26. The van der Waals surface area contributed by atoms with Crippen LogP contribution in [-0.2, 0) is 22.7 Å². The molecule has 0 bridgehead atoms. The lowest BCUT2D eigenvalue weighted by atomic mass is 10.1. The normalized spacial score (nSPS) is 10.3. The highest BCUT2D eigenvalue weighted by molar-refractivity contribution is 6.04. The summed E-state index contributed by atoms with van der Waals surface area (Å²) in [5, 5.41) is 14.3. The van der Waals surface area contributed by atoms with Gasteiger partial charge in [0.2, 0.25) is 0 Å². The van der Waals surface area contributed by atoms with Crippen LogP contribution in [-0.4, -0.2) is 29.5 Å². The number of aliphatic hydroxyl groups is 1. The van der Waals surface area contributed by atoms with Crippen molar-refractivity contribution in [1.82, 2.24) is 5.32 Å². The van der Waals surface area contributed by atoms with Crippen LogP contribution in [0.1, 0.15) is 32.0 Å². The molecular weight excluding hydrogens is 388 g/mol. The van der Waals surface area contributed by atoms with Crippen LogP contribution in [0.25, 0.3) is 0 Å². The number of hydrogen-bond acceptors (Lipinski definition) is 6.